The predicted octanol–water partition coefficient (Wildman–Crippen LogP) is 3.26. The molecule has 4 heterocycles. The summed E-state index contributed by atoms with van der Waals surface area (Å²) < 4.78 is 61.9. The van der Waals surface area contributed by atoms with Crippen molar-refractivity contribution in [1.29, 1.82) is 0 Å². The van der Waals surface area contributed by atoms with Gasteiger partial charge in [-0.25, -0.2) is 15.4 Å². The third-order valence-corrected chi connectivity index (χ3v) is 13.3. The van der Waals surface area contributed by atoms with E-state index in [-0.39, 0.29) is 37.3 Å². The van der Waals surface area contributed by atoms with E-state index >= 15 is 0 Å². The highest BCUT2D eigenvalue weighted by Gasteiger charge is 2.58. The zero-order valence-electron chi connectivity index (χ0n) is 38.8. The van der Waals surface area contributed by atoms with Crippen molar-refractivity contribution in [1.82, 2.24) is 15.2 Å². The van der Waals surface area contributed by atoms with Crippen molar-refractivity contribution >= 4 is 24.2 Å². The number of carbonyl (C=O) groups is 4. The first-order valence-corrected chi connectivity index (χ1v) is 21.5. The van der Waals surface area contributed by atoms with Crippen molar-refractivity contribution < 1.29 is 71.7 Å². The Balaban J connectivity index is 1.87. The van der Waals surface area contributed by atoms with Crippen molar-refractivity contribution in [3.8, 4) is 0 Å². The molecule has 0 unspecified atom stereocenters. The third kappa shape index (κ3) is 11.4. The minimum absolute atomic E-state index is 0.0391. The van der Waals surface area contributed by atoms with Crippen LogP contribution in [0.4, 0.5) is 9.59 Å². The lowest BCUT2D eigenvalue weighted by atomic mass is 9.77. The molecule has 0 aliphatic carbocycles. The van der Waals surface area contributed by atoms with Crippen LogP contribution in [-0.2, 0) is 57.0 Å². The maximum absolute atomic E-state index is 14.6. The first-order chi connectivity index (χ1) is 28.3. The summed E-state index contributed by atoms with van der Waals surface area (Å²) in [5.41, 5.74) is -2.16. The highest BCUT2D eigenvalue weighted by atomic mass is 16.8. The van der Waals surface area contributed by atoms with E-state index in [2.05, 4.69) is 0 Å². The van der Waals surface area contributed by atoms with Gasteiger partial charge in [0, 0.05) is 39.0 Å². The van der Waals surface area contributed by atoms with E-state index in [1.54, 1.807) is 34.6 Å². The number of fused-ring (bicyclic) bond motifs is 1. The van der Waals surface area contributed by atoms with Gasteiger partial charge in [0.15, 0.2) is 36.5 Å². The summed E-state index contributed by atoms with van der Waals surface area (Å²) in [6.45, 7) is 19.7. The summed E-state index contributed by atoms with van der Waals surface area (Å²) in [7, 11) is 7.14. The summed E-state index contributed by atoms with van der Waals surface area (Å²) >= 11 is 0. The molecular formula is C42H74N4O15. The van der Waals surface area contributed by atoms with Crippen LogP contribution < -0.4 is 11.3 Å². The van der Waals surface area contributed by atoms with E-state index in [0.717, 1.165) is 0 Å². The normalized spacial score (nSPS) is 44.4. The molecule has 0 bridgehead atoms. The Hall–Kier alpha value is -2.88. The number of methoxy groups -OCH3 is 1. The zero-order valence-corrected chi connectivity index (χ0v) is 38.8. The standard InChI is InChI=1S/C42H74N4O15/c1-16-29-42(11)34(60-39(50)61-42)25(6)46(14)20-21(2)18-40(9,51)33(58-37-32(55-27(8)47)28(45(12)13)17-22(3)53-37)23(4)31(24(5)36(48)56-29)57-30-19-41(10,52-15)35(26(7)54-30)59-38(49)44-43/h21-26,28-35,37,51H,16-20,43H2,1-15H3,(H,44,49)/t21-,22-,23+,24-,25-,26+,28+,29-,30+,31+,32-,33-,34-,35+,37+,40-,41-,42-/m1/s1. The lowest BCUT2D eigenvalue weighted by Crippen LogP contribution is -2.61. The van der Waals surface area contributed by atoms with Gasteiger partial charge in [-0.15, -0.1) is 0 Å². The van der Waals surface area contributed by atoms with Crippen LogP contribution in [0.2, 0.25) is 0 Å². The number of aliphatic hydroxyl groups is 1. The molecule has 0 radical (unpaired) electrons. The van der Waals surface area contributed by atoms with E-state index in [0.29, 0.717) is 13.0 Å². The maximum Gasteiger partial charge on any atom is 0.509 e. The Bertz CT molecular complexity index is 1520. The smallest absolute Gasteiger partial charge is 0.458 e. The molecule has 19 nitrogen and oxygen atoms in total. The van der Waals surface area contributed by atoms with Crippen LogP contribution >= 0.6 is 0 Å². The minimum Gasteiger partial charge on any atom is -0.458 e. The molecule has 352 valence electrons. The number of nitrogens with zero attached hydrogens (tertiary/aromatic N) is 2. The predicted molar refractivity (Wildman–Crippen MR) is 218 cm³/mol. The zero-order chi connectivity index (χ0) is 45.9. The highest BCUT2D eigenvalue weighted by Crippen LogP contribution is 2.42. The number of nitrogens with two attached hydrogens (primary N) is 1. The molecule has 4 aliphatic rings. The summed E-state index contributed by atoms with van der Waals surface area (Å²) in [6.07, 6.45) is -9.71. The number of hydrogen-bond donors (Lipinski definition) is 3. The fourth-order valence-corrected chi connectivity index (χ4v) is 10.0. The van der Waals surface area contributed by atoms with Crippen molar-refractivity contribution in [3.05, 3.63) is 0 Å². The van der Waals surface area contributed by atoms with Gasteiger partial charge in [0.05, 0.1) is 42.0 Å². The van der Waals surface area contributed by atoms with Gasteiger partial charge >= 0.3 is 24.2 Å². The Kier molecular flexibility index (Phi) is 16.9. The second-order valence-electron chi connectivity index (χ2n) is 18.7. The molecule has 0 spiro atoms. The number of ether oxygens (including phenoxy) is 10. The van der Waals surface area contributed by atoms with E-state index < -0.39 is 114 Å². The molecule has 4 rings (SSSR count). The number of carbonyl (C=O) groups excluding carboxylic acids is 4. The van der Waals surface area contributed by atoms with Gasteiger partial charge in [-0.3, -0.25) is 19.9 Å². The van der Waals surface area contributed by atoms with Crippen LogP contribution in [-0.4, -0.2) is 164 Å². The van der Waals surface area contributed by atoms with Gasteiger partial charge in [0.2, 0.25) is 0 Å². The Labute approximate surface area is 361 Å². The maximum atomic E-state index is 14.6. The van der Waals surface area contributed by atoms with E-state index in [4.69, 9.17) is 53.2 Å². The van der Waals surface area contributed by atoms with Crippen LogP contribution in [0.25, 0.3) is 0 Å². The van der Waals surface area contributed by atoms with Crippen molar-refractivity contribution in [2.75, 3.05) is 34.8 Å². The third-order valence-electron chi connectivity index (χ3n) is 13.3. The molecule has 0 saturated carbocycles. The average Bonchev–Trinajstić information content (AvgIpc) is 3.48. The summed E-state index contributed by atoms with van der Waals surface area (Å²) in [6, 6.07) is -0.686. The number of rotatable bonds is 9. The van der Waals surface area contributed by atoms with E-state index in [9.17, 15) is 24.3 Å². The lowest BCUT2D eigenvalue weighted by Gasteiger charge is -2.49. The molecule has 4 fully saturated rings. The van der Waals surface area contributed by atoms with Crippen molar-refractivity contribution in [3.63, 3.8) is 0 Å². The fourth-order valence-electron chi connectivity index (χ4n) is 10.0. The van der Waals surface area contributed by atoms with Crippen LogP contribution in [0.15, 0.2) is 0 Å². The second-order valence-corrected chi connectivity index (χ2v) is 18.7. The van der Waals surface area contributed by atoms with Gasteiger partial charge in [-0.05, 0) is 94.8 Å². The molecular weight excluding hydrogens is 800 g/mol. The summed E-state index contributed by atoms with van der Waals surface area (Å²) in [5, 5.41) is 12.8. The van der Waals surface area contributed by atoms with Crippen LogP contribution in [0.1, 0.15) is 102 Å². The van der Waals surface area contributed by atoms with E-state index in [1.165, 1.54) is 14.0 Å². The molecule has 0 aromatic heterocycles. The fraction of sp³-hybridized carbons (Fsp3) is 0.905. The monoisotopic (exact) mass is 875 g/mol. The topological polar surface area (TPSA) is 225 Å². The number of hydrazine groups is 1. The van der Waals surface area contributed by atoms with Gasteiger partial charge in [0.25, 0.3) is 0 Å². The second kappa shape index (κ2) is 20.3. The van der Waals surface area contributed by atoms with Gasteiger partial charge in [0.1, 0.15) is 11.7 Å². The Morgan fingerprint density at radius 3 is 2.20 bits per heavy atom. The molecule has 4 N–H and O–H groups in total. The largest absolute Gasteiger partial charge is 0.509 e. The van der Waals surface area contributed by atoms with Crippen LogP contribution in [0.5, 0.6) is 0 Å². The molecule has 0 aromatic carbocycles. The number of nitrogens with one attached hydrogen (secondary N) is 1. The SMILES string of the molecule is CC[C@H]1OC(=O)[C@H](C)[C@@H](O[C@H]2C[C@@](C)(OC)[C@@H](OC(=O)NN)[C@H](C)O2)[C@H](C)[C@@H](O[C@@H]2O[C@H](C)C[C@H](N(C)C)[C@H]2OC(C)=O)[C@](C)(O)C[C@@H](C)CN(C)[C@H](C)[C@H]2OC(=O)O[C@@]21C. The van der Waals surface area contributed by atoms with Crippen molar-refractivity contribution in [2.24, 2.45) is 23.6 Å². The molecule has 0 aromatic rings. The van der Waals surface area contributed by atoms with Crippen LogP contribution in [0.3, 0.4) is 0 Å². The Morgan fingerprint density at radius 2 is 1.62 bits per heavy atom. The first kappa shape index (κ1) is 50.8. The molecule has 61 heavy (non-hydrogen) atoms. The molecule has 4 aliphatic heterocycles. The van der Waals surface area contributed by atoms with Gasteiger partial charge < -0.3 is 57.4 Å². The quantitative estimate of drug-likeness (QED) is 0.0994. The lowest BCUT2D eigenvalue weighted by molar-refractivity contribution is -0.318. The summed E-state index contributed by atoms with van der Waals surface area (Å²) in [5.74, 6) is 2.06. The summed E-state index contributed by atoms with van der Waals surface area (Å²) in [4.78, 5) is 56.3. The highest BCUT2D eigenvalue weighted by molar-refractivity contribution is 5.73. The first-order valence-electron chi connectivity index (χ1n) is 21.5. The average molecular weight is 875 g/mol. The molecule has 19 heteroatoms. The van der Waals surface area contributed by atoms with E-state index in [1.807, 2.05) is 71.0 Å². The number of hydrogen-bond acceptors (Lipinski definition) is 18. The molecule has 18 atom stereocenters. The minimum atomic E-state index is -1.63. The van der Waals surface area contributed by atoms with Gasteiger partial charge in [-0.1, -0.05) is 20.8 Å². The molecule has 1 amide bonds. The number of likely N-dealkylation sites (N-methyl/N-ethyl adjacent to an activating group) is 2. The number of esters is 2. The number of amides is 1. The van der Waals surface area contributed by atoms with Gasteiger partial charge in [-0.2, -0.15) is 0 Å². The Morgan fingerprint density at radius 1 is 0.967 bits per heavy atom. The number of cyclic esters (lactones) is 1. The molecule has 4 saturated heterocycles. The van der Waals surface area contributed by atoms with Crippen molar-refractivity contribution in [2.45, 2.75) is 192 Å². The van der Waals surface area contributed by atoms with Crippen LogP contribution in [0, 0.1) is 17.8 Å².